The minimum Gasteiger partial charge on any atom is -0.396 e. The molecule has 1 aliphatic heterocycles. The number of rotatable bonds is 4. The van der Waals surface area contributed by atoms with E-state index in [0.29, 0.717) is 17.3 Å². The molecule has 2 rings (SSSR count). The minimum atomic E-state index is -0.486. The van der Waals surface area contributed by atoms with Gasteiger partial charge >= 0.3 is 0 Å². The lowest BCUT2D eigenvalue weighted by Gasteiger charge is -2.33. The van der Waals surface area contributed by atoms with Crippen LogP contribution in [0.4, 0.5) is 11.4 Å². The van der Waals surface area contributed by atoms with Crippen LogP contribution in [-0.2, 0) is 0 Å². The van der Waals surface area contributed by atoms with Crippen molar-refractivity contribution in [2.24, 2.45) is 5.73 Å². The predicted molar refractivity (Wildman–Crippen MR) is 78.1 cm³/mol. The number of benzene rings is 1. The molecule has 0 radical (unpaired) electrons. The van der Waals surface area contributed by atoms with E-state index in [4.69, 9.17) is 11.5 Å². The SMILES string of the molecule is CCN1CCCC(Nc2cccc(C(N)=O)c2N)C1. The van der Waals surface area contributed by atoms with Crippen LogP contribution in [0.5, 0.6) is 0 Å². The standard InChI is InChI=1S/C14H22N4O/c1-2-18-8-4-5-10(9-18)17-12-7-3-6-11(13(12)15)14(16)19/h3,6-7,10,17H,2,4-5,8-9,15H2,1H3,(H2,16,19). The first-order chi connectivity index (χ1) is 9.11. The molecule has 1 aromatic carbocycles. The molecule has 104 valence electrons. The van der Waals surface area contributed by atoms with E-state index >= 15 is 0 Å². The van der Waals surface area contributed by atoms with E-state index < -0.39 is 5.91 Å². The van der Waals surface area contributed by atoms with Crippen LogP contribution < -0.4 is 16.8 Å². The van der Waals surface area contributed by atoms with Gasteiger partial charge in [0.15, 0.2) is 0 Å². The molecule has 5 nitrogen and oxygen atoms in total. The van der Waals surface area contributed by atoms with Crippen molar-refractivity contribution in [1.82, 2.24) is 4.90 Å². The second-order valence-electron chi connectivity index (χ2n) is 5.01. The van der Waals surface area contributed by atoms with Crippen molar-refractivity contribution in [3.8, 4) is 0 Å². The van der Waals surface area contributed by atoms with Crippen molar-refractivity contribution in [2.75, 3.05) is 30.7 Å². The maximum Gasteiger partial charge on any atom is 0.250 e. The Balaban J connectivity index is 2.10. The third-order valence-electron chi connectivity index (χ3n) is 3.68. The highest BCUT2D eigenvalue weighted by Crippen LogP contribution is 2.25. The predicted octanol–water partition coefficient (Wildman–Crippen LogP) is 1.26. The van der Waals surface area contributed by atoms with Gasteiger partial charge in [-0.2, -0.15) is 0 Å². The Morgan fingerprint density at radius 2 is 2.32 bits per heavy atom. The van der Waals surface area contributed by atoms with Crippen LogP contribution in [0.1, 0.15) is 30.1 Å². The molecule has 1 unspecified atom stereocenters. The number of carbonyl (C=O) groups excluding carboxylic acids is 1. The number of hydrogen-bond acceptors (Lipinski definition) is 4. The molecule has 5 heteroatoms. The van der Waals surface area contributed by atoms with Crippen molar-refractivity contribution >= 4 is 17.3 Å². The van der Waals surface area contributed by atoms with Crippen LogP contribution in [0.15, 0.2) is 18.2 Å². The van der Waals surface area contributed by atoms with Gasteiger partial charge in [-0.15, -0.1) is 0 Å². The maximum atomic E-state index is 11.3. The van der Waals surface area contributed by atoms with Crippen molar-refractivity contribution in [3.63, 3.8) is 0 Å². The highest BCUT2D eigenvalue weighted by atomic mass is 16.1. The number of carbonyl (C=O) groups is 1. The largest absolute Gasteiger partial charge is 0.396 e. The Bertz CT molecular complexity index is 461. The topological polar surface area (TPSA) is 84.4 Å². The lowest BCUT2D eigenvalue weighted by molar-refractivity contribution is 0.100. The van der Waals surface area contributed by atoms with E-state index in [1.54, 1.807) is 12.1 Å². The molecule has 0 saturated carbocycles. The zero-order chi connectivity index (χ0) is 13.8. The second-order valence-corrected chi connectivity index (χ2v) is 5.01. The number of primary amides is 1. The van der Waals surface area contributed by atoms with Crippen LogP contribution in [0.3, 0.4) is 0 Å². The summed E-state index contributed by atoms with van der Waals surface area (Å²) in [6.07, 6.45) is 2.30. The summed E-state index contributed by atoms with van der Waals surface area (Å²) >= 11 is 0. The molecule has 1 amide bonds. The van der Waals surface area contributed by atoms with Crippen LogP contribution >= 0.6 is 0 Å². The number of likely N-dealkylation sites (tertiary alicyclic amines) is 1. The fourth-order valence-corrected chi connectivity index (χ4v) is 2.59. The zero-order valence-electron chi connectivity index (χ0n) is 11.4. The Morgan fingerprint density at radius 1 is 1.53 bits per heavy atom. The number of nitrogens with one attached hydrogen (secondary N) is 1. The number of amides is 1. The average molecular weight is 262 g/mol. The van der Waals surface area contributed by atoms with E-state index in [2.05, 4.69) is 17.1 Å². The number of anilines is 2. The fourth-order valence-electron chi connectivity index (χ4n) is 2.59. The summed E-state index contributed by atoms with van der Waals surface area (Å²) in [4.78, 5) is 13.7. The first-order valence-electron chi connectivity index (χ1n) is 6.79. The molecule has 19 heavy (non-hydrogen) atoms. The summed E-state index contributed by atoms with van der Waals surface area (Å²) in [5, 5.41) is 3.43. The highest BCUT2D eigenvalue weighted by Gasteiger charge is 2.19. The lowest BCUT2D eigenvalue weighted by atomic mass is 10.0. The molecule has 0 spiro atoms. The Kier molecular flexibility index (Phi) is 4.27. The average Bonchev–Trinajstić information content (AvgIpc) is 2.41. The van der Waals surface area contributed by atoms with Gasteiger partial charge in [0.25, 0.3) is 5.91 Å². The number of hydrogen-bond donors (Lipinski definition) is 3. The molecule has 5 N–H and O–H groups in total. The van der Waals surface area contributed by atoms with Gasteiger partial charge in [0, 0.05) is 12.6 Å². The van der Waals surface area contributed by atoms with Crippen molar-refractivity contribution in [3.05, 3.63) is 23.8 Å². The number of piperidine rings is 1. The highest BCUT2D eigenvalue weighted by molar-refractivity contribution is 6.00. The molecule has 1 heterocycles. The molecule has 0 bridgehead atoms. The summed E-state index contributed by atoms with van der Waals surface area (Å²) in [5.41, 5.74) is 12.9. The summed E-state index contributed by atoms with van der Waals surface area (Å²) in [6.45, 7) is 5.40. The maximum absolute atomic E-state index is 11.3. The van der Waals surface area contributed by atoms with Crippen LogP contribution in [0, 0.1) is 0 Å². The number of nitrogens with two attached hydrogens (primary N) is 2. The van der Waals surface area contributed by atoms with E-state index in [0.717, 1.165) is 31.7 Å². The third-order valence-corrected chi connectivity index (χ3v) is 3.68. The van der Waals surface area contributed by atoms with Gasteiger partial charge in [-0.05, 0) is 38.1 Å². The van der Waals surface area contributed by atoms with Gasteiger partial charge in [0.05, 0.1) is 16.9 Å². The monoisotopic (exact) mass is 262 g/mol. The van der Waals surface area contributed by atoms with Crippen LogP contribution in [0.25, 0.3) is 0 Å². The van der Waals surface area contributed by atoms with E-state index in [9.17, 15) is 4.79 Å². The number of nitrogen functional groups attached to an aromatic ring is 1. The molecule has 0 aromatic heterocycles. The fraction of sp³-hybridized carbons (Fsp3) is 0.500. The minimum absolute atomic E-state index is 0.374. The summed E-state index contributed by atoms with van der Waals surface area (Å²) in [5.74, 6) is -0.486. The van der Waals surface area contributed by atoms with E-state index in [-0.39, 0.29) is 0 Å². The Morgan fingerprint density at radius 3 is 3.00 bits per heavy atom. The first-order valence-corrected chi connectivity index (χ1v) is 6.79. The molecule has 1 atom stereocenters. The molecule has 1 saturated heterocycles. The molecule has 1 aliphatic rings. The number of para-hydroxylation sites is 1. The molecular weight excluding hydrogens is 240 g/mol. The van der Waals surface area contributed by atoms with Crippen LogP contribution in [0.2, 0.25) is 0 Å². The number of likely N-dealkylation sites (N-methyl/N-ethyl adjacent to an activating group) is 1. The van der Waals surface area contributed by atoms with Gasteiger partial charge in [-0.1, -0.05) is 13.0 Å². The van der Waals surface area contributed by atoms with E-state index in [1.807, 2.05) is 6.07 Å². The first kappa shape index (κ1) is 13.7. The van der Waals surface area contributed by atoms with Gasteiger partial charge in [-0.25, -0.2) is 0 Å². The Hall–Kier alpha value is -1.75. The number of nitrogens with zero attached hydrogens (tertiary/aromatic N) is 1. The third kappa shape index (κ3) is 3.17. The van der Waals surface area contributed by atoms with Crippen molar-refractivity contribution < 1.29 is 4.79 Å². The Labute approximate surface area is 113 Å². The molecular formula is C14H22N4O. The van der Waals surface area contributed by atoms with Crippen LogP contribution in [-0.4, -0.2) is 36.5 Å². The quantitative estimate of drug-likeness (QED) is 0.713. The summed E-state index contributed by atoms with van der Waals surface area (Å²) in [7, 11) is 0. The smallest absolute Gasteiger partial charge is 0.250 e. The normalized spacial score (nSPS) is 20.2. The van der Waals surface area contributed by atoms with Gasteiger partial charge in [-0.3, -0.25) is 4.79 Å². The van der Waals surface area contributed by atoms with Crippen molar-refractivity contribution in [2.45, 2.75) is 25.8 Å². The molecule has 0 aliphatic carbocycles. The summed E-state index contributed by atoms with van der Waals surface area (Å²) in [6, 6.07) is 5.73. The van der Waals surface area contributed by atoms with Gasteiger partial charge in [0.2, 0.25) is 0 Å². The van der Waals surface area contributed by atoms with E-state index in [1.165, 1.54) is 6.42 Å². The molecule has 1 fully saturated rings. The molecule has 1 aromatic rings. The lowest BCUT2D eigenvalue weighted by Crippen LogP contribution is -2.42. The second kappa shape index (κ2) is 5.93. The van der Waals surface area contributed by atoms with Gasteiger partial charge in [0.1, 0.15) is 0 Å². The van der Waals surface area contributed by atoms with Gasteiger partial charge < -0.3 is 21.7 Å². The zero-order valence-corrected chi connectivity index (χ0v) is 11.4. The summed E-state index contributed by atoms with van der Waals surface area (Å²) < 4.78 is 0. The van der Waals surface area contributed by atoms with Crippen molar-refractivity contribution in [1.29, 1.82) is 0 Å².